The van der Waals surface area contributed by atoms with Crippen LogP contribution in [0.1, 0.15) is 0 Å². The van der Waals surface area contributed by atoms with Gasteiger partial charge in [0, 0.05) is 0 Å². The molecule has 26 valence electrons. The Balaban J connectivity index is -0.0000000450. The van der Waals surface area contributed by atoms with Gasteiger partial charge in [0.2, 0.25) is 0 Å². The fraction of sp³-hybridized carbons (Fsp3) is 0. The largest absolute Gasteiger partial charge is 1.00 e. The third-order valence-corrected chi connectivity index (χ3v) is 0. The first kappa shape index (κ1) is 15.7. The van der Waals surface area contributed by atoms with E-state index in [9.17, 15) is 0 Å². The Kier molecular flexibility index (Phi) is 25.2. The second kappa shape index (κ2) is 9.66. The minimum absolute atomic E-state index is 0. The van der Waals surface area contributed by atoms with Crippen molar-refractivity contribution in [1.82, 2.24) is 0 Å². The summed E-state index contributed by atoms with van der Waals surface area (Å²) in [6.07, 6.45) is 0. The van der Waals surface area contributed by atoms with Gasteiger partial charge in [-0.25, -0.2) is 0 Å². The minimum Gasteiger partial charge on any atom is 1.00 e. The molecular formula is Li2O3Se. The van der Waals surface area contributed by atoms with E-state index in [1.165, 1.54) is 0 Å². The van der Waals surface area contributed by atoms with E-state index in [-0.39, 0.29) is 37.7 Å². The Morgan fingerprint density at radius 1 is 1.17 bits per heavy atom. The van der Waals surface area contributed by atoms with Crippen LogP contribution in [0.4, 0.5) is 0 Å². The number of rotatable bonds is 0. The molecule has 0 saturated heterocycles. The predicted molar refractivity (Wildman–Crippen MR) is 6.44 cm³/mol. The second-order valence-corrected chi connectivity index (χ2v) is 1.06. The summed E-state index contributed by atoms with van der Waals surface area (Å²) in [5, 5.41) is 0. The molecule has 0 aromatic heterocycles. The molecule has 0 radical (unpaired) electrons. The van der Waals surface area contributed by atoms with Gasteiger partial charge in [0.05, 0.1) is 0 Å². The van der Waals surface area contributed by atoms with Crippen molar-refractivity contribution in [2.45, 2.75) is 0 Å². The van der Waals surface area contributed by atoms with Crippen molar-refractivity contribution >= 4 is 14.5 Å². The Morgan fingerprint density at radius 2 is 1.17 bits per heavy atom. The molecule has 6 heteroatoms. The molecule has 0 aliphatic heterocycles. The molecule has 3 nitrogen and oxygen atoms in total. The zero-order valence-electron chi connectivity index (χ0n) is 3.63. The summed E-state index contributed by atoms with van der Waals surface area (Å²) in [5.41, 5.74) is 0. The van der Waals surface area contributed by atoms with Crippen molar-refractivity contribution in [2.24, 2.45) is 0 Å². The summed E-state index contributed by atoms with van der Waals surface area (Å²) < 4.78 is 25.6. The van der Waals surface area contributed by atoms with Gasteiger partial charge in [-0.05, 0) is 0 Å². The Hall–Kier alpha value is 1.43. The maximum absolute atomic E-state index is 8.54. The van der Waals surface area contributed by atoms with E-state index < -0.39 is 14.5 Å². The van der Waals surface area contributed by atoms with Gasteiger partial charge < -0.3 is 0 Å². The normalized spacial score (nSPS) is 5.83. The van der Waals surface area contributed by atoms with Crippen LogP contribution >= 0.6 is 0 Å². The van der Waals surface area contributed by atoms with E-state index in [0.29, 0.717) is 0 Å². The Bertz CT molecular complexity index is 31.8. The average Bonchev–Trinajstić information content (AvgIpc) is 0.811. The van der Waals surface area contributed by atoms with Gasteiger partial charge in [0.25, 0.3) is 0 Å². The van der Waals surface area contributed by atoms with Gasteiger partial charge in [0.1, 0.15) is 0 Å². The molecule has 0 heterocycles. The quantitative estimate of drug-likeness (QED) is 0.314. The van der Waals surface area contributed by atoms with Crippen molar-refractivity contribution < 1.29 is 49.9 Å². The minimum atomic E-state index is -3.79. The first-order chi connectivity index (χ1) is 1.73. The van der Waals surface area contributed by atoms with Crippen molar-refractivity contribution in [2.75, 3.05) is 0 Å². The van der Waals surface area contributed by atoms with Crippen molar-refractivity contribution in [1.29, 1.82) is 0 Å². The third-order valence-electron chi connectivity index (χ3n) is 0. The first-order valence-corrected chi connectivity index (χ1v) is 2.60. The summed E-state index contributed by atoms with van der Waals surface area (Å²) in [4.78, 5) is 0. The van der Waals surface area contributed by atoms with Crippen LogP contribution < -0.4 is 46.1 Å². The molecule has 0 aromatic carbocycles. The van der Waals surface area contributed by atoms with Crippen molar-refractivity contribution in [3.8, 4) is 0 Å². The van der Waals surface area contributed by atoms with Crippen LogP contribution in [0, 0.1) is 0 Å². The molecule has 6 heavy (non-hydrogen) atoms. The van der Waals surface area contributed by atoms with Crippen LogP contribution in [0.2, 0.25) is 0 Å². The summed E-state index contributed by atoms with van der Waals surface area (Å²) in [6, 6.07) is 0. The molecule has 0 rings (SSSR count). The number of hydrogen-bond donors (Lipinski definition) is 0. The zero-order valence-corrected chi connectivity index (χ0v) is 5.35. The van der Waals surface area contributed by atoms with Crippen LogP contribution in [0.25, 0.3) is 0 Å². The smallest absolute Gasteiger partial charge is 1.00 e. The maximum Gasteiger partial charge on any atom is 1.00 e. The van der Waals surface area contributed by atoms with E-state index in [1.54, 1.807) is 0 Å². The maximum atomic E-state index is 8.54. The summed E-state index contributed by atoms with van der Waals surface area (Å²) in [7, 11) is 0. The monoisotopic (exact) mass is 142 g/mol. The molecular weight excluding hydrogens is 141 g/mol. The molecule has 0 unspecified atom stereocenters. The van der Waals surface area contributed by atoms with E-state index in [1.807, 2.05) is 0 Å². The van der Waals surface area contributed by atoms with Gasteiger partial charge in [0.15, 0.2) is 0 Å². The van der Waals surface area contributed by atoms with E-state index >= 15 is 0 Å². The van der Waals surface area contributed by atoms with Crippen LogP contribution in [0.15, 0.2) is 0 Å². The molecule has 0 saturated carbocycles. The van der Waals surface area contributed by atoms with E-state index in [0.717, 1.165) is 0 Å². The van der Waals surface area contributed by atoms with Crippen LogP contribution in [0.5, 0.6) is 0 Å². The summed E-state index contributed by atoms with van der Waals surface area (Å²) in [5.74, 6) is 0. The fourth-order valence-electron chi connectivity index (χ4n) is 0. The third kappa shape index (κ3) is 51.9. The average molecular weight is 141 g/mol. The Morgan fingerprint density at radius 3 is 1.17 bits per heavy atom. The summed E-state index contributed by atoms with van der Waals surface area (Å²) in [6.45, 7) is 0. The predicted octanol–water partition coefficient (Wildman–Crippen LogP) is -8.87. The van der Waals surface area contributed by atoms with E-state index in [2.05, 4.69) is 0 Å². The molecule has 0 atom stereocenters. The van der Waals surface area contributed by atoms with Gasteiger partial charge >= 0.3 is 64.4 Å². The molecule has 0 amide bonds. The standard InChI is InChI=1S/2Li.H2O3Se/c;;1-4(2)3/h;;(H2,1,2,3)/q2*+1;/p-2. The Labute approximate surface area is 64.2 Å². The molecule has 0 aromatic rings. The molecule has 0 fully saturated rings. The van der Waals surface area contributed by atoms with Gasteiger partial charge in [-0.1, -0.05) is 0 Å². The van der Waals surface area contributed by atoms with Crippen LogP contribution in [-0.4, -0.2) is 14.5 Å². The summed E-state index contributed by atoms with van der Waals surface area (Å²) >= 11 is -3.79. The van der Waals surface area contributed by atoms with E-state index in [4.69, 9.17) is 12.2 Å². The second-order valence-electron chi connectivity index (χ2n) is 0.204. The van der Waals surface area contributed by atoms with Gasteiger partial charge in [-0.15, -0.1) is 0 Å². The first-order valence-electron chi connectivity index (χ1n) is 0.500. The molecule has 0 spiro atoms. The van der Waals surface area contributed by atoms with Crippen LogP contribution in [-0.2, 0) is 3.83 Å². The zero-order chi connectivity index (χ0) is 3.58. The van der Waals surface area contributed by atoms with Crippen LogP contribution in [0.3, 0.4) is 0 Å². The van der Waals surface area contributed by atoms with Gasteiger partial charge in [-0.2, -0.15) is 0 Å². The van der Waals surface area contributed by atoms with Gasteiger partial charge in [-0.3, -0.25) is 0 Å². The van der Waals surface area contributed by atoms with Crippen molar-refractivity contribution in [3.63, 3.8) is 0 Å². The fourth-order valence-corrected chi connectivity index (χ4v) is 0. The molecule has 0 aliphatic carbocycles. The molecule has 0 bridgehead atoms. The number of hydrogen-bond acceptors (Lipinski definition) is 3. The molecule has 0 N–H and O–H groups in total. The molecule has 0 aliphatic rings. The topological polar surface area (TPSA) is 63.2 Å². The SMILES string of the molecule is O=[Se]([O-])[O-].[Li+].[Li+]. The van der Waals surface area contributed by atoms with Crippen molar-refractivity contribution in [3.05, 3.63) is 0 Å².